The molecule has 2 N–H and O–H groups in total. The van der Waals surface area contributed by atoms with E-state index in [1.807, 2.05) is 6.92 Å². The molecule has 1 amide bonds. The molecule has 0 aliphatic carbocycles. The number of amides is 1. The van der Waals surface area contributed by atoms with Crippen LogP contribution in [0.4, 0.5) is 5.13 Å². The monoisotopic (exact) mass is 326 g/mol. The smallest absolute Gasteiger partial charge is 0.257 e. The Balaban J connectivity index is 1.94. The van der Waals surface area contributed by atoms with Crippen LogP contribution in [0, 0.1) is 0 Å². The molecule has 2 aromatic rings. The van der Waals surface area contributed by atoms with E-state index in [4.69, 9.17) is 23.8 Å². The largest absolute Gasteiger partial charge is 0.307 e. The van der Waals surface area contributed by atoms with Crippen molar-refractivity contribution in [1.29, 1.82) is 0 Å². The molecule has 1 aromatic heterocycles. The molecule has 0 radical (unpaired) electrons. The van der Waals surface area contributed by atoms with Crippen LogP contribution in [-0.2, 0) is 6.42 Å². The molecule has 8 heteroatoms. The van der Waals surface area contributed by atoms with Gasteiger partial charge < -0.3 is 5.32 Å². The topological polar surface area (TPSA) is 66.9 Å². The minimum absolute atomic E-state index is 0.184. The normalized spacial score (nSPS) is 10.1. The lowest BCUT2D eigenvalue weighted by Crippen LogP contribution is -2.34. The molecule has 1 aromatic carbocycles. The van der Waals surface area contributed by atoms with Crippen LogP contribution in [0.2, 0.25) is 5.02 Å². The molecule has 0 aliphatic rings. The van der Waals surface area contributed by atoms with Crippen LogP contribution in [-0.4, -0.2) is 21.2 Å². The second kappa shape index (κ2) is 6.74. The maximum Gasteiger partial charge on any atom is 0.257 e. The first-order valence-electron chi connectivity index (χ1n) is 5.78. The number of carbonyl (C=O) groups is 1. The first-order chi connectivity index (χ1) is 9.58. The molecule has 0 fully saturated rings. The van der Waals surface area contributed by atoms with Gasteiger partial charge in [-0.05, 0) is 42.9 Å². The first-order valence-corrected chi connectivity index (χ1v) is 7.39. The van der Waals surface area contributed by atoms with Crippen LogP contribution < -0.4 is 10.6 Å². The SMILES string of the molecule is CCc1nnc(NC(=S)NC(=O)c2ccc(Cl)cc2)s1. The van der Waals surface area contributed by atoms with E-state index in [0.29, 0.717) is 15.7 Å². The number of hydrogen-bond acceptors (Lipinski definition) is 5. The minimum atomic E-state index is -0.306. The van der Waals surface area contributed by atoms with E-state index in [1.165, 1.54) is 11.3 Å². The standard InChI is InChI=1S/C12H11ClN4OS2/c1-2-9-16-17-12(20-9)15-11(19)14-10(18)7-3-5-8(13)6-4-7/h3-6H,2H2,1H3,(H2,14,15,17,18,19). The zero-order valence-electron chi connectivity index (χ0n) is 10.5. The summed E-state index contributed by atoms with van der Waals surface area (Å²) in [5.41, 5.74) is 0.477. The maximum absolute atomic E-state index is 11.9. The highest BCUT2D eigenvalue weighted by Gasteiger charge is 2.09. The van der Waals surface area contributed by atoms with Crippen molar-refractivity contribution >= 4 is 51.3 Å². The number of anilines is 1. The Bertz CT molecular complexity index is 627. The van der Waals surface area contributed by atoms with Crippen molar-refractivity contribution in [2.45, 2.75) is 13.3 Å². The number of benzene rings is 1. The summed E-state index contributed by atoms with van der Waals surface area (Å²) >= 11 is 12.2. The van der Waals surface area contributed by atoms with E-state index < -0.39 is 0 Å². The van der Waals surface area contributed by atoms with Gasteiger partial charge in [-0.2, -0.15) is 0 Å². The van der Waals surface area contributed by atoms with E-state index >= 15 is 0 Å². The van der Waals surface area contributed by atoms with Crippen molar-refractivity contribution < 1.29 is 4.79 Å². The lowest BCUT2D eigenvalue weighted by Gasteiger charge is -2.06. The number of carbonyl (C=O) groups excluding carboxylic acids is 1. The van der Waals surface area contributed by atoms with Gasteiger partial charge in [0.2, 0.25) is 5.13 Å². The average Bonchev–Trinajstić information content (AvgIpc) is 2.86. The number of rotatable bonds is 3. The number of hydrogen-bond donors (Lipinski definition) is 2. The number of halogens is 1. The Hall–Kier alpha value is -1.57. The van der Waals surface area contributed by atoms with Gasteiger partial charge in [0.15, 0.2) is 5.11 Å². The Labute approximate surface area is 130 Å². The summed E-state index contributed by atoms with van der Waals surface area (Å²) in [4.78, 5) is 11.9. The fourth-order valence-electron chi connectivity index (χ4n) is 1.35. The zero-order chi connectivity index (χ0) is 14.5. The third kappa shape index (κ3) is 3.96. The van der Waals surface area contributed by atoms with E-state index in [2.05, 4.69) is 20.8 Å². The third-order valence-electron chi connectivity index (χ3n) is 2.32. The maximum atomic E-state index is 11.9. The fraction of sp³-hybridized carbons (Fsp3) is 0.167. The molecule has 0 spiro atoms. The van der Waals surface area contributed by atoms with Crippen molar-refractivity contribution in [1.82, 2.24) is 15.5 Å². The highest BCUT2D eigenvalue weighted by molar-refractivity contribution is 7.80. The van der Waals surface area contributed by atoms with Gasteiger partial charge in [-0.15, -0.1) is 10.2 Å². The van der Waals surface area contributed by atoms with E-state index in [9.17, 15) is 4.79 Å². The average molecular weight is 327 g/mol. The molecule has 0 bridgehead atoms. The molecule has 0 atom stereocenters. The number of aryl methyl sites for hydroxylation is 1. The zero-order valence-corrected chi connectivity index (χ0v) is 12.9. The van der Waals surface area contributed by atoms with Gasteiger partial charge in [0.25, 0.3) is 5.91 Å². The quantitative estimate of drug-likeness (QED) is 0.849. The minimum Gasteiger partial charge on any atom is -0.307 e. The van der Waals surface area contributed by atoms with Crippen molar-refractivity contribution in [2.75, 3.05) is 5.32 Å². The van der Waals surface area contributed by atoms with Gasteiger partial charge in [-0.25, -0.2) is 0 Å². The number of thiocarbonyl (C=S) groups is 1. The van der Waals surface area contributed by atoms with Gasteiger partial charge in [-0.1, -0.05) is 29.9 Å². The Morgan fingerprint density at radius 1 is 1.35 bits per heavy atom. The number of nitrogens with one attached hydrogen (secondary N) is 2. The molecule has 0 aliphatic heterocycles. The van der Waals surface area contributed by atoms with Crippen LogP contribution >= 0.6 is 35.2 Å². The molecule has 104 valence electrons. The van der Waals surface area contributed by atoms with E-state index in [1.54, 1.807) is 24.3 Å². The summed E-state index contributed by atoms with van der Waals surface area (Å²) in [7, 11) is 0. The lowest BCUT2D eigenvalue weighted by molar-refractivity contribution is 0.0978. The van der Waals surface area contributed by atoms with Crippen LogP contribution in [0.25, 0.3) is 0 Å². The predicted octanol–water partition coefficient (Wildman–Crippen LogP) is 2.88. The van der Waals surface area contributed by atoms with Gasteiger partial charge in [0.1, 0.15) is 5.01 Å². The van der Waals surface area contributed by atoms with Crippen LogP contribution in [0.5, 0.6) is 0 Å². The molecular weight excluding hydrogens is 316 g/mol. The Morgan fingerprint density at radius 2 is 2.05 bits per heavy atom. The summed E-state index contributed by atoms with van der Waals surface area (Å²) in [5, 5.41) is 15.5. The van der Waals surface area contributed by atoms with Gasteiger partial charge in [0.05, 0.1) is 0 Å². The summed E-state index contributed by atoms with van der Waals surface area (Å²) in [6, 6.07) is 6.54. The molecule has 20 heavy (non-hydrogen) atoms. The fourth-order valence-corrected chi connectivity index (χ4v) is 2.42. The van der Waals surface area contributed by atoms with Crippen LogP contribution in [0.1, 0.15) is 22.3 Å². The van der Waals surface area contributed by atoms with Crippen LogP contribution in [0.15, 0.2) is 24.3 Å². The van der Waals surface area contributed by atoms with Crippen molar-refractivity contribution in [3.63, 3.8) is 0 Å². The third-order valence-corrected chi connectivity index (χ3v) is 3.76. The molecule has 0 saturated carbocycles. The molecule has 0 unspecified atom stereocenters. The van der Waals surface area contributed by atoms with Crippen LogP contribution in [0.3, 0.4) is 0 Å². The summed E-state index contributed by atoms with van der Waals surface area (Å²) in [6.07, 6.45) is 0.809. The molecule has 2 rings (SSSR count). The summed E-state index contributed by atoms with van der Waals surface area (Å²) < 4.78 is 0. The predicted molar refractivity (Wildman–Crippen MR) is 84.4 cm³/mol. The van der Waals surface area contributed by atoms with Gasteiger partial charge >= 0.3 is 0 Å². The van der Waals surface area contributed by atoms with Crippen molar-refractivity contribution in [3.8, 4) is 0 Å². The molecule has 5 nitrogen and oxygen atoms in total. The van der Waals surface area contributed by atoms with Gasteiger partial charge in [0, 0.05) is 10.6 Å². The second-order valence-electron chi connectivity index (χ2n) is 3.77. The Kier molecular flexibility index (Phi) is 4.99. The van der Waals surface area contributed by atoms with E-state index in [0.717, 1.165) is 11.4 Å². The number of aromatic nitrogens is 2. The van der Waals surface area contributed by atoms with Crippen molar-refractivity contribution in [3.05, 3.63) is 39.9 Å². The Morgan fingerprint density at radius 3 is 2.65 bits per heavy atom. The van der Waals surface area contributed by atoms with Gasteiger partial charge in [-0.3, -0.25) is 10.1 Å². The first kappa shape index (κ1) is 14.8. The number of nitrogens with zero attached hydrogens (tertiary/aromatic N) is 2. The molecular formula is C12H11ClN4OS2. The highest BCUT2D eigenvalue weighted by atomic mass is 35.5. The lowest BCUT2D eigenvalue weighted by atomic mass is 10.2. The van der Waals surface area contributed by atoms with E-state index in [-0.39, 0.29) is 11.0 Å². The second-order valence-corrected chi connectivity index (χ2v) is 5.68. The highest BCUT2D eigenvalue weighted by Crippen LogP contribution is 2.15. The summed E-state index contributed by atoms with van der Waals surface area (Å²) in [5.74, 6) is -0.306. The molecule has 1 heterocycles. The van der Waals surface area contributed by atoms with Crippen molar-refractivity contribution in [2.24, 2.45) is 0 Å². The summed E-state index contributed by atoms with van der Waals surface area (Å²) in [6.45, 7) is 1.99. The molecule has 0 saturated heterocycles.